The van der Waals surface area contributed by atoms with Gasteiger partial charge in [-0.1, -0.05) is 19.1 Å². The average Bonchev–Trinajstić information content (AvgIpc) is 3.23. The third kappa shape index (κ3) is 5.37. The first kappa shape index (κ1) is 23.5. The SMILES string of the molecule is CC1CNC(=O)c2cc(-c3ccnc(-c4ccc(C(=O)O)cc4)c3)[nH]c21.O=C(O)C(F)(F)F. The number of alkyl halides is 3. The van der Waals surface area contributed by atoms with Gasteiger partial charge in [-0.05, 0) is 30.3 Å². The monoisotopic (exact) mass is 461 g/mol. The number of aromatic amines is 1. The van der Waals surface area contributed by atoms with Crippen molar-refractivity contribution in [3.8, 4) is 22.5 Å². The molecule has 1 aliphatic rings. The van der Waals surface area contributed by atoms with E-state index >= 15 is 0 Å². The van der Waals surface area contributed by atoms with Crippen molar-refractivity contribution >= 4 is 17.8 Å². The molecule has 172 valence electrons. The Morgan fingerprint density at radius 1 is 1.06 bits per heavy atom. The Labute approximate surface area is 185 Å². The first-order valence-electron chi connectivity index (χ1n) is 9.58. The number of fused-ring (bicyclic) bond motifs is 1. The maximum absolute atomic E-state index is 12.1. The lowest BCUT2D eigenvalue weighted by Crippen LogP contribution is -2.33. The summed E-state index contributed by atoms with van der Waals surface area (Å²) in [5.41, 5.74) is 5.23. The van der Waals surface area contributed by atoms with Gasteiger partial charge in [0.25, 0.3) is 5.91 Å². The Bertz CT molecular complexity index is 1200. The summed E-state index contributed by atoms with van der Waals surface area (Å²) >= 11 is 0. The van der Waals surface area contributed by atoms with E-state index in [0.29, 0.717) is 12.1 Å². The van der Waals surface area contributed by atoms with Crippen molar-refractivity contribution in [1.82, 2.24) is 15.3 Å². The van der Waals surface area contributed by atoms with Crippen LogP contribution in [0.4, 0.5) is 13.2 Å². The predicted octanol–water partition coefficient (Wildman–Crippen LogP) is 3.92. The summed E-state index contributed by atoms with van der Waals surface area (Å²) in [4.78, 5) is 39.7. The fourth-order valence-corrected chi connectivity index (χ4v) is 3.19. The molecule has 1 atom stereocenters. The third-order valence-corrected chi connectivity index (χ3v) is 4.90. The number of nitrogens with one attached hydrogen (secondary N) is 2. The number of carbonyl (C=O) groups excluding carboxylic acids is 1. The Morgan fingerprint density at radius 3 is 2.24 bits per heavy atom. The molecule has 0 bridgehead atoms. The van der Waals surface area contributed by atoms with E-state index in [4.69, 9.17) is 15.0 Å². The quantitative estimate of drug-likeness (QED) is 0.467. The first-order chi connectivity index (χ1) is 15.5. The summed E-state index contributed by atoms with van der Waals surface area (Å²) in [5, 5.41) is 19.0. The number of aliphatic carboxylic acids is 1. The maximum atomic E-state index is 12.1. The minimum absolute atomic E-state index is 0.0564. The molecule has 8 nitrogen and oxygen atoms in total. The van der Waals surface area contributed by atoms with Crippen molar-refractivity contribution in [2.45, 2.75) is 19.0 Å². The number of aromatic carboxylic acids is 1. The third-order valence-electron chi connectivity index (χ3n) is 4.90. The molecule has 1 unspecified atom stereocenters. The molecule has 1 aliphatic heterocycles. The molecule has 3 heterocycles. The molecule has 0 saturated heterocycles. The molecular formula is C22H18F3N3O5. The van der Waals surface area contributed by atoms with E-state index in [1.165, 1.54) is 0 Å². The van der Waals surface area contributed by atoms with Crippen molar-refractivity contribution in [3.63, 3.8) is 0 Å². The molecule has 0 fully saturated rings. The van der Waals surface area contributed by atoms with Crippen LogP contribution < -0.4 is 5.32 Å². The lowest BCUT2D eigenvalue weighted by atomic mass is 9.99. The standard InChI is InChI=1S/C20H17N3O3.C2HF3O2/c1-11-10-22-19(24)15-9-17(23-18(11)15)14-6-7-21-16(8-14)12-2-4-13(5-3-12)20(25)26;3-2(4,5)1(6)7/h2-9,11,23H,10H2,1H3,(H,22,24)(H,25,26);(H,6,7). The number of carboxylic acid groups (broad SMARTS) is 2. The number of rotatable bonds is 3. The number of halogens is 3. The second kappa shape index (κ2) is 9.15. The van der Waals surface area contributed by atoms with E-state index in [1.54, 1.807) is 30.5 Å². The molecule has 4 N–H and O–H groups in total. The van der Waals surface area contributed by atoms with E-state index in [-0.39, 0.29) is 17.4 Å². The van der Waals surface area contributed by atoms with E-state index in [2.05, 4.69) is 22.2 Å². The Kier molecular flexibility index (Phi) is 6.52. The maximum Gasteiger partial charge on any atom is 0.490 e. The molecular weight excluding hydrogens is 443 g/mol. The van der Waals surface area contributed by atoms with Crippen molar-refractivity contribution in [3.05, 3.63) is 65.5 Å². The predicted molar refractivity (Wildman–Crippen MR) is 111 cm³/mol. The summed E-state index contributed by atoms with van der Waals surface area (Å²) in [6.07, 6.45) is -3.38. The summed E-state index contributed by atoms with van der Waals surface area (Å²) in [5.74, 6) is -3.53. The van der Waals surface area contributed by atoms with Gasteiger partial charge in [-0.3, -0.25) is 9.78 Å². The molecule has 3 aromatic rings. The zero-order chi connectivity index (χ0) is 24.3. The van der Waals surface area contributed by atoms with Crippen molar-refractivity contribution < 1.29 is 37.8 Å². The normalized spacial score (nSPS) is 15.0. The van der Waals surface area contributed by atoms with E-state index in [1.807, 2.05) is 18.2 Å². The van der Waals surface area contributed by atoms with Gasteiger partial charge >= 0.3 is 18.1 Å². The van der Waals surface area contributed by atoms with Crippen LogP contribution in [0, 0.1) is 0 Å². The second-order valence-electron chi connectivity index (χ2n) is 7.24. The molecule has 1 amide bonds. The highest BCUT2D eigenvalue weighted by molar-refractivity contribution is 5.98. The number of pyridine rings is 1. The van der Waals surface area contributed by atoms with Gasteiger partial charge in [-0.15, -0.1) is 0 Å². The number of aromatic nitrogens is 2. The fourth-order valence-electron chi connectivity index (χ4n) is 3.19. The van der Waals surface area contributed by atoms with Gasteiger partial charge in [0.15, 0.2) is 0 Å². The Hall–Kier alpha value is -4.15. The topological polar surface area (TPSA) is 132 Å². The molecule has 0 radical (unpaired) electrons. The molecule has 2 aromatic heterocycles. The fraction of sp³-hybridized carbons (Fsp3) is 0.182. The van der Waals surface area contributed by atoms with Gasteiger partial charge in [0, 0.05) is 41.2 Å². The number of hydrogen-bond acceptors (Lipinski definition) is 4. The highest BCUT2D eigenvalue weighted by Gasteiger charge is 2.38. The zero-order valence-corrected chi connectivity index (χ0v) is 17.1. The van der Waals surface area contributed by atoms with E-state index < -0.39 is 18.1 Å². The highest BCUT2D eigenvalue weighted by Crippen LogP contribution is 2.30. The van der Waals surface area contributed by atoms with Crippen LogP contribution in [-0.4, -0.2) is 50.7 Å². The average molecular weight is 461 g/mol. The number of amides is 1. The van der Waals surface area contributed by atoms with Crippen LogP contribution in [0.25, 0.3) is 22.5 Å². The van der Waals surface area contributed by atoms with Crippen molar-refractivity contribution in [1.29, 1.82) is 0 Å². The van der Waals surface area contributed by atoms with Crippen molar-refractivity contribution in [2.75, 3.05) is 6.54 Å². The van der Waals surface area contributed by atoms with Crippen LogP contribution in [0.1, 0.15) is 39.3 Å². The van der Waals surface area contributed by atoms with Crippen LogP contribution in [-0.2, 0) is 4.79 Å². The molecule has 33 heavy (non-hydrogen) atoms. The van der Waals surface area contributed by atoms with Gasteiger partial charge in [-0.25, -0.2) is 9.59 Å². The number of hydrogen-bond donors (Lipinski definition) is 4. The van der Waals surface area contributed by atoms with Crippen molar-refractivity contribution in [2.24, 2.45) is 0 Å². The molecule has 11 heteroatoms. The highest BCUT2D eigenvalue weighted by atomic mass is 19.4. The van der Waals surface area contributed by atoms with Crippen LogP contribution >= 0.6 is 0 Å². The Balaban J connectivity index is 0.000000383. The van der Waals surface area contributed by atoms with E-state index in [9.17, 15) is 22.8 Å². The Morgan fingerprint density at radius 2 is 1.70 bits per heavy atom. The molecule has 4 rings (SSSR count). The number of carbonyl (C=O) groups is 3. The van der Waals surface area contributed by atoms with Crippen LogP contribution in [0.5, 0.6) is 0 Å². The lowest BCUT2D eigenvalue weighted by Gasteiger charge is -2.18. The minimum Gasteiger partial charge on any atom is -0.478 e. The smallest absolute Gasteiger partial charge is 0.478 e. The molecule has 0 saturated carbocycles. The number of H-pyrrole nitrogens is 1. The van der Waals surface area contributed by atoms with Crippen LogP contribution in [0.15, 0.2) is 48.7 Å². The first-order valence-corrected chi connectivity index (χ1v) is 9.58. The summed E-state index contributed by atoms with van der Waals surface area (Å²) in [7, 11) is 0. The number of carboxylic acids is 2. The van der Waals surface area contributed by atoms with Gasteiger partial charge in [-0.2, -0.15) is 13.2 Å². The molecule has 0 spiro atoms. The lowest BCUT2D eigenvalue weighted by molar-refractivity contribution is -0.192. The summed E-state index contributed by atoms with van der Waals surface area (Å²) < 4.78 is 31.7. The minimum atomic E-state index is -5.08. The van der Waals surface area contributed by atoms with Crippen LogP contribution in [0.2, 0.25) is 0 Å². The molecule has 1 aromatic carbocycles. The number of nitrogens with zero attached hydrogens (tertiary/aromatic N) is 1. The van der Waals surface area contributed by atoms with Crippen LogP contribution in [0.3, 0.4) is 0 Å². The van der Waals surface area contributed by atoms with Gasteiger partial charge in [0.1, 0.15) is 0 Å². The molecule has 0 aliphatic carbocycles. The second-order valence-corrected chi connectivity index (χ2v) is 7.24. The zero-order valence-electron chi connectivity index (χ0n) is 17.1. The van der Waals surface area contributed by atoms with Gasteiger partial charge in [0.2, 0.25) is 0 Å². The van der Waals surface area contributed by atoms with E-state index in [0.717, 1.165) is 28.2 Å². The van der Waals surface area contributed by atoms with Gasteiger partial charge < -0.3 is 20.5 Å². The largest absolute Gasteiger partial charge is 0.490 e. The summed E-state index contributed by atoms with van der Waals surface area (Å²) in [6.45, 7) is 2.70. The van der Waals surface area contributed by atoms with Gasteiger partial charge in [0.05, 0.1) is 16.8 Å². The number of benzene rings is 1. The summed E-state index contributed by atoms with van der Waals surface area (Å²) in [6, 6.07) is 12.3.